The lowest BCUT2D eigenvalue weighted by molar-refractivity contribution is 0.407. The normalized spacial score (nSPS) is 14.2. The van der Waals surface area contributed by atoms with Crippen LogP contribution in [0.4, 0.5) is 0 Å². The fourth-order valence-electron chi connectivity index (χ4n) is 2.67. The molecule has 0 bridgehead atoms. The summed E-state index contributed by atoms with van der Waals surface area (Å²) in [5.74, 6) is 0.734. The molecule has 0 saturated carbocycles. The third-order valence-electron chi connectivity index (χ3n) is 3.79. The van der Waals surface area contributed by atoms with Gasteiger partial charge >= 0.3 is 0 Å². The van der Waals surface area contributed by atoms with Gasteiger partial charge in [-0.05, 0) is 31.5 Å². The smallest absolute Gasteiger partial charge is 0.0645 e. The second kappa shape index (κ2) is 7.25. The maximum absolute atomic E-state index is 4.49. The number of benzene rings is 1. The molecular weight excluding hydrogens is 246 g/mol. The SMILES string of the molecule is CCCC(C)CC(NC)c1cnn(-c2ccccc2)c1. The van der Waals surface area contributed by atoms with Crippen molar-refractivity contribution >= 4 is 0 Å². The van der Waals surface area contributed by atoms with Gasteiger partial charge < -0.3 is 5.32 Å². The summed E-state index contributed by atoms with van der Waals surface area (Å²) in [4.78, 5) is 0. The number of aromatic nitrogens is 2. The van der Waals surface area contributed by atoms with E-state index in [-0.39, 0.29) is 0 Å². The van der Waals surface area contributed by atoms with Crippen LogP contribution in [0.3, 0.4) is 0 Å². The molecule has 20 heavy (non-hydrogen) atoms. The molecule has 2 aromatic rings. The number of nitrogens with one attached hydrogen (secondary N) is 1. The first-order valence-electron chi connectivity index (χ1n) is 7.51. The van der Waals surface area contributed by atoms with Crippen molar-refractivity contribution in [2.24, 2.45) is 5.92 Å². The molecule has 2 unspecified atom stereocenters. The Morgan fingerprint density at radius 3 is 2.65 bits per heavy atom. The molecule has 0 fully saturated rings. The first-order chi connectivity index (χ1) is 9.74. The van der Waals surface area contributed by atoms with Crippen LogP contribution >= 0.6 is 0 Å². The Labute approximate surface area is 122 Å². The lowest BCUT2D eigenvalue weighted by Gasteiger charge is -2.19. The van der Waals surface area contributed by atoms with E-state index in [4.69, 9.17) is 0 Å². The zero-order valence-electron chi connectivity index (χ0n) is 12.7. The monoisotopic (exact) mass is 271 g/mol. The van der Waals surface area contributed by atoms with Gasteiger partial charge in [-0.15, -0.1) is 0 Å². The van der Waals surface area contributed by atoms with E-state index in [0.717, 1.165) is 18.0 Å². The quantitative estimate of drug-likeness (QED) is 0.826. The maximum atomic E-state index is 4.49. The lowest BCUT2D eigenvalue weighted by Crippen LogP contribution is -2.18. The molecule has 0 aliphatic rings. The van der Waals surface area contributed by atoms with Crippen LogP contribution in [0, 0.1) is 5.92 Å². The van der Waals surface area contributed by atoms with Crippen LogP contribution < -0.4 is 5.32 Å². The zero-order chi connectivity index (χ0) is 14.4. The summed E-state index contributed by atoms with van der Waals surface area (Å²) in [6.45, 7) is 4.58. The van der Waals surface area contributed by atoms with Gasteiger partial charge in [0.15, 0.2) is 0 Å². The highest BCUT2D eigenvalue weighted by atomic mass is 15.3. The van der Waals surface area contributed by atoms with Gasteiger partial charge in [-0.2, -0.15) is 5.10 Å². The average Bonchev–Trinajstić information content (AvgIpc) is 2.95. The Morgan fingerprint density at radius 1 is 1.25 bits per heavy atom. The summed E-state index contributed by atoms with van der Waals surface area (Å²) in [7, 11) is 2.03. The Balaban J connectivity index is 2.10. The van der Waals surface area contributed by atoms with E-state index in [0.29, 0.717) is 6.04 Å². The molecule has 2 rings (SSSR count). The van der Waals surface area contributed by atoms with Gasteiger partial charge in [-0.3, -0.25) is 0 Å². The molecule has 108 valence electrons. The van der Waals surface area contributed by atoms with Gasteiger partial charge in [0.1, 0.15) is 0 Å². The molecule has 0 aliphatic heterocycles. The molecule has 3 nitrogen and oxygen atoms in total. The number of hydrogen-bond donors (Lipinski definition) is 1. The van der Waals surface area contributed by atoms with E-state index >= 15 is 0 Å². The summed E-state index contributed by atoms with van der Waals surface area (Å²) in [5, 5.41) is 7.90. The van der Waals surface area contributed by atoms with Gasteiger partial charge in [-0.25, -0.2) is 4.68 Å². The molecule has 0 amide bonds. The van der Waals surface area contributed by atoms with Crippen LogP contribution in [0.15, 0.2) is 42.7 Å². The molecule has 0 saturated heterocycles. The van der Waals surface area contributed by atoms with Crippen LogP contribution in [0.1, 0.15) is 44.7 Å². The van der Waals surface area contributed by atoms with E-state index in [1.165, 1.54) is 18.4 Å². The molecule has 1 aromatic carbocycles. The topological polar surface area (TPSA) is 29.9 Å². The van der Waals surface area contributed by atoms with E-state index in [1.54, 1.807) is 0 Å². The predicted octanol–water partition coefficient (Wildman–Crippen LogP) is 3.96. The first kappa shape index (κ1) is 14.8. The number of nitrogens with zero attached hydrogens (tertiary/aromatic N) is 2. The van der Waals surface area contributed by atoms with Crippen molar-refractivity contribution < 1.29 is 0 Å². The Morgan fingerprint density at radius 2 is 2.00 bits per heavy atom. The third kappa shape index (κ3) is 3.70. The Bertz CT molecular complexity index is 504. The van der Waals surface area contributed by atoms with Crippen molar-refractivity contribution in [3.05, 3.63) is 48.3 Å². The minimum atomic E-state index is 0.383. The van der Waals surface area contributed by atoms with Gasteiger partial charge in [0.05, 0.1) is 11.9 Å². The second-order valence-electron chi connectivity index (χ2n) is 5.52. The fourth-order valence-corrected chi connectivity index (χ4v) is 2.67. The third-order valence-corrected chi connectivity index (χ3v) is 3.79. The standard InChI is InChI=1S/C17H25N3/c1-4-8-14(2)11-17(18-3)15-12-19-20(13-15)16-9-6-5-7-10-16/h5-7,9-10,12-14,17-18H,4,8,11H2,1-3H3. The van der Waals surface area contributed by atoms with Crippen molar-refractivity contribution in [2.75, 3.05) is 7.05 Å². The zero-order valence-corrected chi connectivity index (χ0v) is 12.7. The van der Waals surface area contributed by atoms with E-state index in [9.17, 15) is 0 Å². The van der Waals surface area contributed by atoms with Crippen molar-refractivity contribution in [3.63, 3.8) is 0 Å². The Hall–Kier alpha value is -1.61. The second-order valence-corrected chi connectivity index (χ2v) is 5.52. The first-order valence-corrected chi connectivity index (χ1v) is 7.51. The minimum absolute atomic E-state index is 0.383. The van der Waals surface area contributed by atoms with E-state index in [1.807, 2.05) is 36.1 Å². The van der Waals surface area contributed by atoms with Crippen molar-refractivity contribution in [3.8, 4) is 5.69 Å². The molecule has 0 spiro atoms. The predicted molar refractivity (Wildman–Crippen MR) is 84.1 cm³/mol. The summed E-state index contributed by atoms with van der Waals surface area (Å²) in [6.07, 6.45) is 7.80. The van der Waals surface area contributed by atoms with Gasteiger partial charge in [-0.1, -0.05) is 44.9 Å². The van der Waals surface area contributed by atoms with Gasteiger partial charge in [0.25, 0.3) is 0 Å². The largest absolute Gasteiger partial charge is 0.313 e. The van der Waals surface area contributed by atoms with Crippen LogP contribution in [0.25, 0.3) is 5.69 Å². The molecule has 1 N–H and O–H groups in total. The number of rotatable bonds is 7. The molecule has 1 aromatic heterocycles. The highest BCUT2D eigenvalue weighted by Gasteiger charge is 2.15. The Kier molecular flexibility index (Phi) is 5.36. The van der Waals surface area contributed by atoms with Crippen LogP contribution in [-0.4, -0.2) is 16.8 Å². The molecule has 3 heteroatoms. The highest BCUT2D eigenvalue weighted by molar-refractivity contribution is 5.31. The molecule has 0 aliphatic carbocycles. The van der Waals surface area contributed by atoms with Gasteiger partial charge in [0, 0.05) is 17.8 Å². The van der Waals surface area contributed by atoms with E-state index < -0.39 is 0 Å². The van der Waals surface area contributed by atoms with Crippen molar-refractivity contribution in [1.82, 2.24) is 15.1 Å². The van der Waals surface area contributed by atoms with Crippen LogP contribution in [0.5, 0.6) is 0 Å². The lowest BCUT2D eigenvalue weighted by atomic mass is 9.94. The molecule has 0 radical (unpaired) electrons. The van der Waals surface area contributed by atoms with Crippen molar-refractivity contribution in [2.45, 2.75) is 39.2 Å². The molecular formula is C17H25N3. The fraction of sp³-hybridized carbons (Fsp3) is 0.471. The molecule has 2 atom stereocenters. The highest BCUT2D eigenvalue weighted by Crippen LogP contribution is 2.24. The van der Waals surface area contributed by atoms with Gasteiger partial charge in [0.2, 0.25) is 0 Å². The summed E-state index contributed by atoms with van der Waals surface area (Å²) in [5.41, 5.74) is 2.37. The molecule has 1 heterocycles. The summed E-state index contributed by atoms with van der Waals surface area (Å²) < 4.78 is 1.95. The van der Waals surface area contributed by atoms with Crippen LogP contribution in [0.2, 0.25) is 0 Å². The van der Waals surface area contributed by atoms with Crippen molar-refractivity contribution in [1.29, 1.82) is 0 Å². The minimum Gasteiger partial charge on any atom is -0.313 e. The summed E-state index contributed by atoms with van der Waals surface area (Å²) in [6, 6.07) is 10.6. The number of para-hydroxylation sites is 1. The van der Waals surface area contributed by atoms with Crippen LogP contribution in [-0.2, 0) is 0 Å². The maximum Gasteiger partial charge on any atom is 0.0645 e. The van der Waals surface area contributed by atoms with E-state index in [2.05, 4.69) is 42.6 Å². The number of hydrogen-bond acceptors (Lipinski definition) is 2. The summed E-state index contributed by atoms with van der Waals surface area (Å²) >= 11 is 0. The average molecular weight is 271 g/mol.